The first-order valence-electron chi connectivity index (χ1n) is 7.09. The summed E-state index contributed by atoms with van der Waals surface area (Å²) < 4.78 is 14.9. The largest absolute Gasteiger partial charge is 0.464 e. The van der Waals surface area contributed by atoms with Crippen LogP contribution < -0.4 is 5.32 Å². The molecule has 0 spiro atoms. The van der Waals surface area contributed by atoms with Gasteiger partial charge in [-0.3, -0.25) is 5.32 Å². The Hall–Kier alpha value is -2.05. The molecule has 0 rings (SSSR count). The number of carbonyl (C=O) groups is 3. The number of nitrogens with one attached hydrogen (secondary N) is 1. The van der Waals surface area contributed by atoms with Gasteiger partial charge in [0, 0.05) is 6.42 Å². The number of carbonyl (C=O) groups excluding carboxylic acids is 3. The van der Waals surface area contributed by atoms with Crippen molar-refractivity contribution < 1.29 is 28.6 Å². The van der Waals surface area contributed by atoms with Crippen LogP contribution >= 0.6 is 0 Å². The second kappa shape index (κ2) is 8.41. The van der Waals surface area contributed by atoms with E-state index in [0.717, 1.165) is 0 Å². The lowest BCUT2D eigenvalue weighted by Gasteiger charge is -2.30. The number of esters is 2. The molecule has 0 aliphatic carbocycles. The molecule has 7 heteroatoms. The molecule has 0 aromatic heterocycles. The number of hydrogen-bond donors (Lipinski definition) is 1. The second-order valence-electron chi connectivity index (χ2n) is 5.47. The van der Waals surface area contributed by atoms with E-state index in [1.807, 2.05) is 0 Å². The Morgan fingerprint density at radius 1 is 1.05 bits per heavy atom. The van der Waals surface area contributed by atoms with Crippen molar-refractivity contribution in [1.82, 2.24) is 5.32 Å². The molecule has 0 atom stereocenters. The zero-order chi connectivity index (χ0) is 17.4. The molecule has 7 nitrogen and oxygen atoms in total. The second-order valence-corrected chi connectivity index (χ2v) is 5.47. The molecule has 126 valence electrons. The minimum Gasteiger partial charge on any atom is -0.464 e. The van der Waals surface area contributed by atoms with Gasteiger partial charge >= 0.3 is 18.0 Å². The van der Waals surface area contributed by atoms with Crippen LogP contribution in [0.25, 0.3) is 0 Å². The van der Waals surface area contributed by atoms with Gasteiger partial charge in [0.15, 0.2) is 0 Å². The van der Waals surface area contributed by atoms with Crippen molar-refractivity contribution in [1.29, 1.82) is 0 Å². The van der Waals surface area contributed by atoms with Crippen molar-refractivity contribution in [2.24, 2.45) is 0 Å². The van der Waals surface area contributed by atoms with Crippen molar-refractivity contribution in [3.63, 3.8) is 0 Å². The number of rotatable bonds is 7. The molecule has 0 bridgehead atoms. The summed E-state index contributed by atoms with van der Waals surface area (Å²) in [6.07, 6.45) is 0.227. The van der Waals surface area contributed by atoms with Crippen LogP contribution in [-0.2, 0) is 23.8 Å². The molecular formula is C15H25NO6. The summed E-state index contributed by atoms with van der Waals surface area (Å²) in [5, 5.41) is 2.28. The lowest BCUT2D eigenvalue weighted by Crippen LogP contribution is -2.61. The Morgan fingerprint density at radius 2 is 1.50 bits per heavy atom. The predicted molar refractivity (Wildman–Crippen MR) is 80.2 cm³/mol. The van der Waals surface area contributed by atoms with Crippen LogP contribution in [0.4, 0.5) is 4.79 Å². The summed E-state index contributed by atoms with van der Waals surface area (Å²) in [6.45, 7) is 11.8. The number of hydrogen-bond acceptors (Lipinski definition) is 6. The Labute approximate surface area is 131 Å². The minimum absolute atomic E-state index is 0.0487. The SMILES string of the molecule is C=CCC(NC(=O)OC(C)(C)C)(C(=O)OCC)C(=O)OCC. The van der Waals surface area contributed by atoms with Crippen LogP contribution in [0.5, 0.6) is 0 Å². The Kier molecular flexibility index (Phi) is 7.62. The van der Waals surface area contributed by atoms with Crippen molar-refractivity contribution >= 4 is 18.0 Å². The maximum absolute atomic E-state index is 12.2. The van der Waals surface area contributed by atoms with Gasteiger partial charge in [-0.25, -0.2) is 14.4 Å². The van der Waals surface area contributed by atoms with Gasteiger partial charge in [0.2, 0.25) is 5.54 Å². The molecule has 0 aliphatic rings. The third-order valence-electron chi connectivity index (χ3n) is 2.41. The van der Waals surface area contributed by atoms with Gasteiger partial charge in [-0.05, 0) is 34.6 Å². The standard InChI is InChI=1S/C15H25NO6/c1-7-10-15(11(17)20-8-2,12(18)21-9-3)16-13(19)22-14(4,5)6/h7H,1,8-10H2,2-6H3,(H,16,19). The van der Waals surface area contributed by atoms with E-state index in [-0.39, 0.29) is 19.6 Å². The van der Waals surface area contributed by atoms with Gasteiger partial charge in [0.05, 0.1) is 13.2 Å². The predicted octanol–water partition coefficient (Wildman–Crippen LogP) is 1.95. The van der Waals surface area contributed by atoms with E-state index in [0.29, 0.717) is 0 Å². The monoisotopic (exact) mass is 315 g/mol. The van der Waals surface area contributed by atoms with Crippen molar-refractivity contribution in [2.75, 3.05) is 13.2 Å². The van der Waals surface area contributed by atoms with Crippen molar-refractivity contribution in [2.45, 2.75) is 52.2 Å². The highest BCUT2D eigenvalue weighted by Crippen LogP contribution is 2.18. The third kappa shape index (κ3) is 5.75. The van der Waals surface area contributed by atoms with Crippen molar-refractivity contribution in [3.8, 4) is 0 Å². The summed E-state index contributed by atoms with van der Waals surface area (Å²) in [6, 6.07) is 0. The molecule has 22 heavy (non-hydrogen) atoms. The number of amides is 1. The summed E-state index contributed by atoms with van der Waals surface area (Å²) in [5.74, 6) is -1.83. The Balaban J connectivity index is 5.52. The highest BCUT2D eigenvalue weighted by Gasteiger charge is 2.50. The van der Waals surface area contributed by atoms with Gasteiger partial charge < -0.3 is 14.2 Å². The highest BCUT2D eigenvalue weighted by atomic mass is 16.6. The van der Waals surface area contributed by atoms with Crippen molar-refractivity contribution in [3.05, 3.63) is 12.7 Å². The molecule has 0 saturated heterocycles. The molecular weight excluding hydrogens is 290 g/mol. The van der Waals surface area contributed by atoms with E-state index in [1.54, 1.807) is 34.6 Å². The zero-order valence-electron chi connectivity index (χ0n) is 13.9. The first-order valence-corrected chi connectivity index (χ1v) is 7.09. The van der Waals surface area contributed by atoms with Crippen LogP contribution in [0.1, 0.15) is 41.0 Å². The lowest BCUT2D eigenvalue weighted by atomic mass is 9.95. The van der Waals surface area contributed by atoms with Gasteiger partial charge in [-0.2, -0.15) is 0 Å². The topological polar surface area (TPSA) is 90.9 Å². The molecule has 1 N–H and O–H groups in total. The average Bonchev–Trinajstić information content (AvgIpc) is 2.36. The highest BCUT2D eigenvalue weighted by molar-refractivity contribution is 6.07. The molecule has 0 radical (unpaired) electrons. The summed E-state index contributed by atoms with van der Waals surface area (Å²) >= 11 is 0. The fraction of sp³-hybridized carbons (Fsp3) is 0.667. The zero-order valence-corrected chi connectivity index (χ0v) is 13.9. The molecule has 0 heterocycles. The lowest BCUT2D eigenvalue weighted by molar-refractivity contribution is -0.166. The number of alkyl carbamates (subject to hydrolysis) is 1. The van der Waals surface area contributed by atoms with E-state index in [1.165, 1.54) is 6.08 Å². The number of ether oxygens (including phenoxy) is 3. The van der Waals surface area contributed by atoms with Gasteiger partial charge in [-0.15, -0.1) is 6.58 Å². The van der Waals surface area contributed by atoms with Gasteiger partial charge in [0.25, 0.3) is 0 Å². The van der Waals surface area contributed by atoms with E-state index < -0.39 is 29.2 Å². The van der Waals surface area contributed by atoms with Gasteiger partial charge in [-0.1, -0.05) is 6.08 Å². The van der Waals surface area contributed by atoms with E-state index in [2.05, 4.69) is 11.9 Å². The minimum atomic E-state index is -2.00. The first-order chi connectivity index (χ1) is 10.1. The van der Waals surface area contributed by atoms with Crippen LogP contribution in [-0.4, -0.2) is 42.4 Å². The molecule has 1 amide bonds. The van der Waals surface area contributed by atoms with E-state index in [9.17, 15) is 14.4 Å². The fourth-order valence-electron chi connectivity index (χ4n) is 1.61. The van der Waals surface area contributed by atoms with Crippen LogP contribution in [0, 0.1) is 0 Å². The molecule has 0 fully saturated rings. The smallest absolute Gasteiger partial charge is 0.409 e. The first kappa shape index (κ1) is 19.9. The normalized spacial score (nSPS) is 11.3. The third-order valence-corrected chi connectivity index (χ3v) is 2.41. The van der Waals surface area contributed by atoms with E-state index >= 15 is 0 Å². The van der Waals surface area contributed by atoms with Crippen LogP contribution in [0.2, 0.25) is 0 Å². The summed E-state index contributed by atoms with van der Waals surface area (Å²) in [4.78, 5) is 36.4. The molecule has 0 unspecified atom stereocenters. The molecule has 0 aliphatic heterocycles. The Bertz CT molecular complexity index is 406. The van der Waals surface area contributed by atoms with E-state index in [4.69, 9.17) is 14.2 Å². The van der Waals surface area contributed by atoms with Crippen LogP contribution in [0.3, 0.4) is 0 Å². The fourth-order valence-corrected chi connectivity index (χ4v) is 1.61. The molecule has 0 aromatic carbocycles. The molecule has 0 saturated carbocycles. The summed E-state index contributed by atoms with van der Waals surface area (Å²) in [5.41, 5.74) is -2.79. The average molecular weight is 315 g/mol. The van der Waals surface area contributed by atoms with Gasteiger partial charge in [0.1, 0.15) is 5.60 Å². The molecule has 0 aromatic rings. The quantitative estimate of drug-likeness (QED) is 0.334. The van der Waals surface area contributed by atoms with Crippen LogP contribution in [0.15, 0.2) is 12.7 Å². The summed E-state index contributed by atoms with van der Waals surface area (Å²) in [7, 11) is 0. The maximum Gasteiger partial charge on any atom is 0.409 e. The maximum atomic E-state index is 12.2. The Morgan fingerprint density at radius 3 is 1.82 bits per heavy atom.